The molecule has 2 rings (SSSR count). The molecule has 0 saturated carbocycles. The molecule has 1 atom stereocenters. The summed E-state index contributed by atoms with van der Waals surface area (Å²) in [5.41, 5.74) is 1.79. The van der Waals surface area contributed by atoms with E-state index < -0.39 is 0 Å². The van der Waals surface area contributed by atoms with Crippen LogP contribution in [-0.4, -0.2) is 40.5 Å². The Morgan fingerprint density at radius 3 is 2.64 bits per heavy atom. The minimum Gasteiger partial charge on any atom is -0.443 e. The maximum absolute atomic E-state index is 5.66. The molecule has 0 unspecified atom stereocenters. The number of hydrogen-bond acceptors (Lipinski definition) is 5. The zero-order chi connectivity index (χ0) is 16.1. The summed E-state index contributed by atoms with van der Waals surface area (Å²) >= 11 is 0. The molecular formula is C17H28N4O. The highest BCUT2D eigenvalue weighted by molar-refractivity contribution is 5.89. The summed E-state index contributed by atoms with van der Waals surface area (Å²) in [6.45, 7) is 14.1. The minimum absolute atomic E-state index is 0.378. The molecule has 122 valence electrons. The van der Waals surface area contributed by atoms with Gasteiger partial charge in [-0.2, -0.15) is 0 Å². The highest BCUT2D eigenvalue weighted by Crippen LogP contribution is 2.28. The third-order valence-electron chi connectivity index (χ3n) is 4.35. The number of aryl methyl sites for hydroxylation is 2. The fourth-order valence-electron chi connectivity index (χ4n) is 2.76. The van der Waals surface area contributed by atoms with E-state index in [2.05, 4.69) is 47.9 Å². The molecular weight excluding hydrogens is 276 g/mol. The SMILES string of the molecule is CCN(CC)CCC[C@@H](C)Nc1ncnc2oc(C)c(C)c12. The maximum atomic E-state index is 5.66. The first kappa shape index (κ1) is 16.7. The minimum atomic E-state index is 0.378. The van der Waals surface area contributed by atoms with Crippen LogP contribution in [0, 0.1) is 13.8 Å². The van der Waals surface area contributed by atoms with Crippen LogP contribution < -0.4 is 5.32 Å². The van der Waals surface area contributed by atoms with Crippen molar-refractivity contribution in [3.63, 3.8) is 0 Å². The molecule has 0 amide bonds. The second kappa shape index (κ2) is 7.58. The van der Waals surface area contributed by atoms with Crippen molar-refractivity contribution in [2.45, 2.75) is 53.5 Å². The summed E-state index contributed by atoms with van der Waals surface area (Å²) in [4.78, 5) is 11.1. The molecule has 0 aromatic carbocycles. The second-order valence-electron chi connectivity index (χ2n) is 5.90. The summed E-state index contributed by atoms with van der Waals surface area (Å²) in [6, 6.07) is 0.378. The first-order valence-corrected chi connectivity index (χ1v) is 8.26. The van der Waals surface area contributed by atoms with Crippen LogP contribution in [0.1, 0.15) is 44.9 Å². The van der Waals surface area contributed by atoms with Crippen LogP contribution in [-0.2, 0) is 0 Å². The average Bonchev–Trinajstić information content (AvgIpc) is 2.80. The zero-order valence-electron chi connectivity index (χ0n) is 14.4. The lowest BCUT2D eigenvalue weighted by atomic mass is 10.1. The van der Waals surface area contributed by atoms with E-state index in [0.29, 0.717) is 11.8 Å². The van der Waals surface area contributed by atoms with E-state index in [1.807, 2.05) is 6.92 Å². The molecule has 0 aliphatic carbocycles. The molecule has 0 bridgehead atoms. The monoisotopic (exact) mass is 304 g/mol. The number of furan rings is 1. The Morgan fingerprint density at radius 2 is 1.95 bits per heavy atom. The van der Waals surface area contributed by atoms with Gasteiger partial charge in [-0.05, 0) is 53.2 Å². The van der Waals surface area contributed by atoms with Gasteiger partial charge in [0.25, 0.3) is 0 Å². The number of anilines is 1. The molecule has 5 nitrogen and oxygen atoms in total. The van der Waals surface area contributed by atoms with E-state index in [4.69, 9.17) is 4.42 Å². The van der Waals surface area contributed by atoms with E-state index in [9.17, 15) is 0 Å². The van der Waals surface area contributed by atoms with E-state index in [1.165, 1.54) is 6.42 Å². The van der Waals surface area contributed by atoms with Crippen molar-refractivity contribution in [1.82, 2.24) is 14.9 Å². The van der Waals surface area contributed by atoms with Gasteiger partial charge in [0.1, 0.15) is 17.9 Å². The number of aromatic nitrogens is 2. The van der Waals surface area contributed by atoms with Crippen molar-refractivity contribution in [3.8, 4) is 0 Å². The molecule has 0 fully saturated rings. The van der Waals surface area contributed by atoms with E-state index >= 15 is 0 Å². The Morgan fingerprint density at radius 1 is 1.23 bits per heavy atom. The van der Waals surface area contributed by atoms with Crippen LogP contribution in [0.4, 0.5) is 5.82 Å². The van der Waals surface area contributed by atoms with Gasteiger partial charge >= 0.3 is 0 Å². The lowest BCUT2D eigenvalue weighted by Crippen LogP contribution is -2.25. The molecule has 22 heavy (non-hydrogen) atoms. The molecule has 0 spiro atoms. The van der Waals surface area contributed by atoms with Crippen LogP contribution in [0.3, 0.4) is 0 Å². The number of fused-ring (bicyclic) bond motifs is 1. The van der Waals surface area contributed by atoms with Crippen LogP contribution in [0.25, 0.3) is 11.1 Å². The van der Waals surface area contributed by atoms with Crippen LogP contribution >= 0.6 is 0 Å². The summed E-state index contributed by atoms with van der Waals surface area (Å²) in [5.74, 6) is 1.79. The summed E-state index contributed by atoms with van der Waals surface area (Å²) in [6.07, 6.45) is 3.88. The van der Waals surface area contributed by atoms with E-state index in [1.54, 1.807) is 6.33 Å². The number of nitrogens with one attached hydrogen (secondary N) is 1. The van der Waals surface area contributed by atoms with Crippen molar-refractivity contribution in [2.75, 3.05) is 25.0 Å². The smallest absolute Gasteiger partial charge is 0.231 e. The molecule has 2 aromatic heterocycles. The Bertz CT molecular complexity index is 604. The van der Waals surface area contributed by atoms with Crippen molar-refractivity contribution in [3.05, 3.63) is 17.7 Å². The maximum Gasteiger partial charge on any atom is 0.231 e. The van der Waals surface area contributed by atoms with Gasteiger partial charge in [0, 0.05) is 11.6 Å². The van der Waals surface area contributed by atoms with Crippen LogP contribution in [0.15, 0.2) is 10.7 Å². The van der Waals surface area contributed by atoms with Gasteiger partial charge in [0.05, 0.1) is 5.39 Å². The normalized spacial score (nSPS) is 13.0. The van der Waals surface area contributed by atoms with Gasteiger partial charge < -0.3 is 14.6 Å². The summed E-state index contributed by atoms with van der Waals surface area (Å²) in [5, 5.41) is 4.53. The largest absolute Gasteiger partial charge is 0.443 e. The predicted molar refractivity (Wildman–Crippen MR) is 91.4 cm³/mol. The third kappa shape index (κ3) is 3.77. The quantitative estimate of drug-likeness (QED) is 0.804. The van der Waals surface area contributed by atoms with Gasteiger partial charge in [0.2, 0.25) is 5.71 Å². The molecule has 5 heteroatoms. The first-order chi connectivity index (χ1) is 10.6. The highest BCUT2D eigenvalue weighted by Gasteiger charge is 2.15. The van der Waals surface area contributed by atoms with Crippen molar-refractivity contribution in [2.24, 2.45) is 0 Å². The van der Waals surface area contributed by atoms with Crippen molar-refractivity contribution in [1.29, 1.82) is 0 Å². The Hall–Kier alpha value is -1.62. The standard InChI is InChI=1S/C17H28N4O/c1-6-21(7-2)10-8-9-12(3)20-16-15-13(4)14(5)22-17(15)19-11-18-16/h11-12H,6-10H2,1-5H3,(H,18,19,20)/t12-/m1/s1. The van der Waals surface area contributed by atoms with Crippen LogP contribution in [0.5, 0.6) is 0 Å². The van der Waals surface area contributed by atoms with Gasteiger partial charge in [-0.3, -0.25) is 0 Å². The zero-order valence-corrected chi connectivity index (χ0v) is 14.4. The summed E-state index contributed by atoms with van der Waals surface area (Å²) in [7, 11) is 0. The Labute approximate surface area is 133 Å². The van der Waals surface area contributed by atoms with E-state index in [-0.39, 0.29) is 0 Å². The number of hydrogen-bond donors (Lipinski definition) is 1. The molecule has 0 saturated heterocycles. The predicted octanol–water partition coefficient (Wildman–Crippen LogP) is 3.76. The average molecular weight is 304 g/mol. The van der Waals surface area contributed by atoms with E-state index in [0.717, 1.165) is 48.6 Å². The van der Waals surface area contributed by atoms with Crippen molar-refractivity contribution < 1.29 is 4.42 Å². The number of rotatable bonds is 8. The highest BCUT2D eigenvalue weighted by atomic mass is 16.3. The Balaban J connectivity index is 1.98. The van der Waals surface area contributed by atoms with Gasteiger partial charge in [-0.1, -0.05) is 13.8 Å². The fourth-order valence-corrected chi connectivity index (χ4v) is 2.76. The number of nitrogens with zero attached hydrogens (tertiary/aromatic N) is 3. The van der Waals surface area contributed by atoms with Gasteiger partial charge in [-0.25, -0.2) is 9.97 Å². The van der Waals surface area contributed by atoms with Crippen LogP contribution in [0.2, 0.25) is 0 Å². The second-order valence-corrected chi connectivity index (χ2v) is 5.90. The molecule has 2 aromatic rings. The first-order valence-electron chi connectivity index (χ1n) is 8.26. The molecule has 1 N–H and O–H groups in total. The molecule has 0 aliphatic rings. The lowest BCUT2D eigenvalue weighted by molar-refractivity contribution is 0.295. The van der Waals surface area contributed by atoms with Crippen molar-refractivity contribution >= 4 is 16.9 Å². The molecule has 0 radical (unpaired) electrons. The van der Waals surface area contributed by atoms with Gasteiger partial charge in [-0.15, -0.1) is 0 Å². The topological polar surface area (TPSA) is 54.2 Å². The molecule has 0 aliphatic heterocycles. The Kier molecular flexibility index (Phi) is 5.77. The summed E-state index contributed by atoms with van der Waals surface area (Å²) < 4.78 is 5.66. The third-order valence-corrected chi connectivity index (χ3v) is 4.35. The van der Waals surface area contributed by atoms with Gasteiger partial charge in [0.15, 0.2) is 0 Å². The molecule has 2 heterocycles. The lowest BCUT2D eigenvalue weighted by Gasteiger charge is -2.20. The fraction of sp³-hybridized carbons (Fsp3) is 0.647.